The second-order valence-electron chi connectivity index (χ2n) is 4.10. The standard InChI is InChI=1S/C15H18BrNO3/c1-4-5-6-15(18)17-8-7-11-9-13(19-2)14(20-3)10-12(11)16/h1,9-10H,5-8H2,2-3H3,(H,17,18). The number of methoxy groups -OCH3 is 2. The van der Waals surface area contributed by atoms with Crippen LogP contribution in [0, 0.1) is 12.3 Å². The quantitative estimate of drug-likeness (QED) is 0.776. The van der Waals surface area contributed by atoms with Gasteiger partial charge >= 0.3 is 0 Å². The van der Waals surface area contributed by atoms with Crippen LogP contribution in [-0.4, -0.2) is 26.7 Å². The molecular formula is C15H18BrNO3. The van der Waals surface area contributed by atoms with Crippen molar-refractivity contribution < 1.29 is 14.3 Å². The number of hydrogen-bond donors (Lipinski definition) is 1. The Bertz CT molecular complexity index is 509. The molecule has 4 nitrogen and oxygen atoms in total. The predicted molar refractivity (Wildman–Crippen MR) is 82.0 cm³/mol. The van der Waals surface area contributed by atoms with Gasteiger partial charge in [-0.2, -0.15) is 0 Å². The largest absolute Gasteiger partial charge is 0.493 e. The Labute approximate surface area is 128 Å². The average molecular weight is 340 g/mol. The molecule has 20 heavy (non-hydrogen) atoms. The fourth-order valence-electron chi connectivity index (χ4n) is 1.70. The first-order chi connectivity index (χ1) is 9.62. The molecule has 0 aliphatic carbocycles. The van der Waals surface area contributed by atoms with Crippen molar-refractivity contribution in [1.82, 2.24) is 5.32 Å². The van der Waals surface area contributed by atoms with Crippen LogP contribution in [0.4, 0.5) is 0 Å². The van der Waals surface area contributed by atoms with Crippen molar-refractivity contribution in [2.24, 2.45) is 0 Å². The van der Waals surface area contributed by atoms with Crippen LogP contribution in [0.15, 0.2) is 16.6 Å². The molecule has 0 unspecified atom stereocenters. The summed E-state index contributed by atoms with van der Waals surface area (Å²) >= 11 is 3.49. The molecule has 0 atom stereocenters. The molecule has 0 saturated carbocycles. The Hall–Kier alpha value is -1.67. The van der Waals surface area contributed by atoms with Crippen molar-refractivity contribution in [2.75, 3.05) is 20.8 Å². The van der Waals surface area contributed by atoms with Gasteiger partial charge in [-0.1, -0.05) is 15.9 Å². The minimum absolute atomic E-state index is 0.0282. The van der Waals surface area contributed by atoms with Gasteiger partial charge in [0.2, 0.25) is 5.91 Å². The third-order valence-corrected chi connectivity index (χ3v) is 3.50. The summed E-state index contributed by atoms with van der Waals surface area (Å²) in [6.45, 7) is 0.553. The predicted octanol–water partition coefficient (Wildman–Crippen LogP) is 2.54. The normalized spacial score (nSPS) is 9.70. The van der Waals surface area contributed by atoms with E-state index in [4.69, 9.17) is 15.9 Å². The maximum atomic E-state index is 11.4. The van der Waals surface area contributed by atoms with E-state index in [-0.39, 0.29) is 5.91 Å². The summed E-state index contributed by atoms with van der Waals surface area (Å²) in [7, 11) is 3.19. The van der Waals surface area contributed by atoms with E-state index in [1.807, 2.05) is 12.1 Å². The number of terminal acetylenes is 1. The highest BCUT2D eigenvalue weighted by atomic mass is 79.9. The van der Waals surface area contributed by atoms with E-state index >= 15 is 0 Å². The van der Waals surface area contributed by atoms with Crippen LogP contribution in [0.1, 0.15) is 18.4 Å². The number of nitrogens with one attached hydrogen (secondary N) is 1. The highest BCUT2D eigenvalue weighted by Gasteiger charge is 2.09. The maximum Gasteiger partial charge on any atom is 0.220 e. The molecule has 0 saturated heterocycles. The molecule has 1 N–H and O–H groups in total. The van der Waals surface area contributed by atoms with E-state index < -0.39 is 0 Å². The SMILES string of the molecule is C#CCCC(=O)NCCc1cc(OC)c(OC)cc1Br. The van der Waals surface area contributed by atoms with Crippen LogP contribution in [0.3, 0.4) is 0 Å². The van der Waals surface area contributed by atoms with Gasteiger partial charge in [-0.25, -0.2) is 0 Å². The second-order valence-corrected chi connectivity index (χ2v) is 4.96. The summed E-state index contributed by atoms with van der Waals surface area (Å²) in [4.78, 5) is 11.4. The summed E-state index contributed by atoms with van der Waals surface area (Å²) in [5, 5.41) is 2.83. The third kappa shape index (κ3) is 4.78. The molecule has 0 radical (unpaired) electrons. The first-order valence-corrected chi connectivity index (χ1v) is 7.02. The van der Waals surface area contributed by atoms with Crippen LogP contribution < -0.4 is 14.8 Å². The molecule has 108 valence electrons. The van der Waals surface area contributed by atoms with E-state index in [9.17, 15) is 4.79 Å². The Kier molecular flexibility index (Phi) is 6.96. The Morgan fingerprint density at radius 1 is 1.35 bits per heavy atom. The minimum atomic E-state index is -0.0282. The molecule has 0 aromatic heterocycles. The number of halogens is 1. The topological polar surface area (TPSA) is 47.6 Å². The van der Waals surface area contributed by atoms with E-state index in [1.54, 1.807) is 14.2 Å². The smallest absolute Gasteiger partial charge is 0.220 e. The molecule has 1 rings (SSSR count). The summed E-state index contributed by atoms with van der Waals surface area (Å²) < 4.78 is 11.4. The minimum Gasteiger partial charge on any atom is -0.493 e. The second kappa shape index (κ2) is 8.49. The van der Waals surface area contributed by atoms with Gasteiger partial charge in [0.05, 0.1) is 14.2 Å². The summed E-state index contributed by atoms with van der Waals surface area (Å²) in [6.07, 6.45) is 6.64. The highest BCUT2D eigenvalue weighted by Crippen LogP contribution is 2.33. The molecule has 0 aliphatic rings. The molecule has 1 amide bonds. The molecule has 0 fully saturated rings. The number of amides is 1. The zero-order valence-electron chi connectivity index (χ0n) is 11.7. The van der Waals surface area contributed by atoms with Gasteiger partial charge in [0.15, 0.2) is 11.5 Å². The molecule has 0 heterocycles. The Morgan fingerprint density at radius 2 is 2.00 bits per heavy atom. The van der Waals surface area contributed by atoms with E-state index in [0.717, 1.165) is 10.0 Å². The van der Waals surface area contributed by atoms with Crippen LogP contribution in [-0.2, 0) is 11.2 Å². The average Bonchev–Trinajstić information content (AvgIpc) is 2.46. The number of hydrogen-bond acceptors (Lipinski definition) is 3. The van der Waals surface area contributed by atoms with Crippen molar-refractivity contribution >= 4 is 21.8 Å². The van der Waals surface area contributed by atoms with Gasteiger partial charge in [-0.05, 0) is 24.1 Å². The van der Waals surface area contributed by atoms with Gasteiger partial charge in [-0.15, -0.1) is 12.3 Å². The summed E-state index contributed by atoms with van der Waals surface area (Å²) in [6, 6.07) is 3.75. The van der Waals surface area contributed by atoms with Crippen molar-refractivity contribution in [1.29, 1.82) is 0 Å². The first kappa shape index (κ1) is 16.4. The summed E-state index contributed by atoms with van der Waals surface area (Å²) in [5.74, 6) is 3.76. The number of carbonyl (C=O) groups excluding carboxylic acids is 1. The highest BCUT2D eigenvalue weighted by molar-refractivity contribution is 9.10. The van der Waals surface area contributed by atoms with Crippen LogP contribution in [0.5, 0.6) is 11.5 Å². The Morgan fingerprint density at radius 3 is 2.60 bits per heavy atom. The van der Waals surface area contributed by atoms with E-state index in [0.29, 0.717) is 37.3 Å². The lowest BCUT2D eigenvalue weighted by atomic mass is 10.1. The van der Waals surface area contributed by atoms with Gasteiger partial charge < -0.3 is 14.8 Å². The summed E-state index contributed by atoms with van der Waals surface area (Å²) in [5.41, 5.74) is 1.04. The van der Waals surface area contributed by atoms with Gasteiger partial charge in [0, 0.05) is 23.9 Å². The molecule has 0 spiro atoms. The fourth-order valence-corrected chi connectivity index (χ4v) is 2.22. The van der Waals surface area contributed by atoms with Crippen molar-refractivity contribution in [3.63, 3.8) is 0 Å². The molecule has 1 aromatic rings. The van der Waals surface area contributed by atoms with Gasteiger partial charge in [-0.3, -0.25) is 4.79 Å². The zero-order chi connectivity index (χ0) is 15.0. The molecule has 0 aliphatic heterocycles. The molecule has 1 aromatic carbocycles. The van der Waals surface area contributed by atoms with Crippen LogP contribution >= 0.6 is 15.9 Å². The first-order valence-electron chi connectivity index (χ1n) is 6.23. The lowest BCUT2D eigenvalue weighted by Gasteiger charge is -2.12. The number of benzene rings is 1. The van der Waals surface area contributed by atoms with Crippen molar-refractivity contribution in [3.05, 3.63) is 22.2 Å². The van der Waals surface area contributed by atoms with Gasteiger partial charge in [0.25, 0.3) is 0 Å². The number of rotatable bonds is 7. The van der Waals surface area contributed by atoms with Crippen LogP contribution in [0.2, 0.25) is 0 Å². The van der Waals surface area contributed by atoms with Crippen LogP contribution in [0.25, 0.3) is 0 Å². The molecule has 5 heteroatoms. The van der Waals surface area contributed by atoms with E-state index in [2.05, 4.69) is 27.2 Å². The lowest BCUT2D eigenvalue weighted by molar-refractivity contribution is -0.120. The fraction of sp³-hybridized carbons (Fsp3) is 0.400. The van der Waals surface area contributed by atoms with Gasteiger partial charge in [0.1, 0.15) is 0 Å². The number of ether oxygens (including phenoxy) is 2. The monoisotopic (exact) mass is 339 g/mol. The number of carbonyl (C=O) groups is 1. The lowest BCUT2D eigenvalue weighted by Crippen LogP contribution is -2.25. The van der Waals surface area contributed by atoms with Crippen molar-refractivity contribution in [3.8, 4) is 23.8 Å². The van der Waals surface area contributed by atoms with E-state index in [1.165, 1.54) is 0 Å². The Balaban J connectivity index is 2.60. The zero-order valence-corrected chi connectivity index (χ0v) is 13.2. The third-order valence-electron chi connectivity index (χ3n) is 2.77. The molecule has 0 bridgehead atoms. The maximum absolute atomic E-state index is 11.4. The van der Waals surface area contributed by atoms with Crippen molar-refractivity contribution in [2.45, 2.75) is 19.3 Å². The molecular weight excluding hydrogens is 322 g/mol.